The molecule has 0 aliphatic rings. The number of hydrogen-bond donors (Lipinski definition) is 2. The maximum atomic E-state index is 5.46. The molecule has 0 aliphatic heterocycles. The third-order valence-electron chi connectivity index (χ3n) is 3.85. The zero-order valence-corrected chi connectivity index (χ0v) is 16.6. The second-order valence-corrected chi connectivity index (χ2v) is 6.44. The Hall–Kier alpha value is -2.21. The van der Waals surface area contributed by atoms with Gasteiger partial charge < -0.3 is 20.1 Å². The van der Waals surface area contributed by atoms with Gasteiger partial charge in [-0.05, 0) is 42.8 Å². The first-order valence-electron chi connectivity index (χ1n) is 8.01. The maximum absolute atomic E-state index is 5.46. The number of methoxy groups -OCH3 is 2. The molecular formula is C19H24BrN3O2. The fraction of sp³-hybridized carbons (Fsp3) is 0.316. The molecule has 0 aromatic heterocycles. The summed E-state index contributed by atoms with van der Waals surface area (Å²) in [5, 5.41) is 6.71. The van der Waals surface area contributed by atoms with Crippen molar-refractivity contribution in [2.45, 2.75) is 19.5 Å². The van der Waals surface area contributed by atoms with E-state index in [2.05, 4.69) is 50.6 Å². The summed E-state index contributed by atoms with van der Waals surface area (Å²) in [6.07, 6.45) is 0. The zero-order valence-electron chi connectivity index (χ0n) is 15.0. The summed E-state index contributed by atoms with van der Waals surface area (Å²) >= 11 is 3.44. The van der Waals surface area contributed by atoms with E-state index < -0.39 is 0 Å². The highest BCUT2D eigenvalue weighted by Crippen LogP contribution is 2.29. The van der Waals surface area contributed by atoms with Gasteiger partial charge in [0.2, 0.25) is 0 Å². The summed E-state index contributed by atoms with van der Waals surface area (Å²) in [6, 6.07) is 13.9. The minimum Gasteiger partial charge on any atom is -0.497 e. The van der Waals surface area contributed by atoms with Gasteiger partial charge in [-0.3, -0.25) is 4.99 Å². The van der Waals surface area contributed by atoms with Crippen molar-refractivity contribution in [1.29, 1.82) is 0 Å². The predicted octanol–water partition coefficient (Wildman–Crippen LogP) is 3.89. The molecule has 0 fully saturated rings. The van der Waals surface area contributed by atoms with E-state index in [1.807, 2.05) is 30.3 Å². The van der Waals surface area contributed by atoms with Crippen LogP contribution in [0.25, 0.3) is 0 Å². The predicted molar refractivity (Wildman–Crippen MR) is 105 cm³/mol. The van der Waals surface area contributed by atoms with Crippen LogP contribution in [0.5, 0.6) is 11.5 Å². The zero-order chi connectivity index (χ0) is 18.2. The van der Waals surface area contributed by atoms with E-state index >= 15 is 0 Å². The molecule has 1 atom stereocenters. The quantitative estimate of drug-likeness (QED) is 0.565. The molecule has 2 aromatic carbocycles. The monoisotopic (exact) mass is 405 g/mol. The van der Waals surface area contributed by atoms with Crippen molar-refractivity contribution in [1.82, 2.24) is 10.6 Å². The van der Waals surface area contributed by atoms with Crippen molar-refractivity contribution in [3.05, 3.63) is 58.1 Å². The van der Waals surface area contributed by atoms with Gasteiger partial charge in [-0.2, -0.15) is 0 Å². The summed E-state index contributed by atoms with van der Waals surface area (Å²) in [5.74, 6) is 2.33. The first kappa shape index (κ1) is 19.1. The molecule has 0 radical (unpaired) electrons. The molecule has 2 N–H and O–H groups in total. The summed E-state index contributed by atoms with van der Waals surface area (Å²) < 4.78 is 11.8. The van der Waals surface area contributed by atoms with Crippen LogP contribution in [0.1, 0.15) is 24.1 Å². The van der Waals surface area contributed by atoms with Crippen molar-refractivity contribution >= 4 is 21.9 Å². The minimum atomic E-state index is 0.00108. The Morgan fingerprint density at radius 3 is 2.44 bits per heavy atom. The molecule has 0 spiro atoms. The number of hydrogen-bond acceptors (Lipinski definition) is 3. The lowest BCUT2D eigenvalue weighted by molar-refractivity contribution is 0.394. The standard InChI is InChI=1S/C19H24BrN3O2/c1-13(17-11-16(24-3)9-10-18(17)25-4)23-19(21-2)22-12-14-5-7-15(20)8-6-14/h5-11,13H,12H2,1-4H3,(H2,21,22,23). The molecule has 5 nitrogen and oxygen atoms in total. The molecular weight excluding hydrogens is 382 g/mol. The van der Waals surface area contributed by atoms with Crippen LogP contribution in [-0.2, 0) is 6.54 Å². The molecule has 134 valence electrons. The third-order valence-corrected chi connectivity index (χ3v) is 4.38. The van der Waals surface area contributed by atoms with Gasteiger partial charge in [0.1, 0.15) is 11.5 Å². The lowest BCUT2D eigenvalue weighted by Crippen LogP contribution is -2.38. The number of nitrogens with zero attached hydrogens (tertiary/aromatic N) is 1. The van der Waals surface area contributed by atoms with Gasteiger partial charge in [0, 0.05) is 23.6 Å². The second-order valence-electron chi connectivity index (χ2n) is 5.53. The second kappa shape index (κ2) is 9.32. The Balaban J connectivity index is 2.04. The lowest BCUT2D eigenvalue weighted by Gasteiger charge is -2.21. The summed E-state index contributed by atoms with van der Waals surface area (Å²) in [7, 11) is 5.08. The Kier molecular flexibility index (Phi) is 7.13. The van der Waals surface area contributed by atoms with E-state index in [0.29, 0.717) is 6.54 Å². The first-order valence-corrected chi connectivity index (χ1v) is 8.80. The molecule has 6 heteroatoms. The van der Waals surface area contributed by atoms with E-state index in [4.69, 9.17) is 9.47 Å². The van der Waals surface area contributed by atoms with Crippen LogP contribution in [0.4, 0.5) is 0 Å². The number of aliphatic imine (C=N–C) groups is 1. The van der Waals surface area contributed by atoms with E-state index in [0.717, 1.165) is 27.5 Å². The van der Waals surface area contributed by atoms with Gasteiger partial charge in [-0.25, -0.2) is 0 Å². The third kappa shape index (κ3) is 5.39. The lowest BCUT2D eigenvalue weighted by atomic mass is 10.1. The minimum absolute atomic E-state index is 0.00108. The number of rotatable bonds is 6. The molecule has 25 heavy (non-hydrogen) atoms. The summed E-state index contributed by atoms with van der Waals surface area (Å²) in [4.78, 5) is 4.30. The average Bonchev–Trinajstić information content (AvgIpc) is 2.65. The fourth-order valence-corrected chi connectivity index (χ4v) is 2.71. The van der Waals surface area contributed by atoms with Crippen molar-refractivity contribution < 1.29 is 9.47 Å². The van der Waals surface area contributed by atoms with E-state index in [9.17, 15) is 0 Å². The highest BCUT2D eigenvalue weighted by atomic mass is 79.9. The highest BCUT2D eigenvalue weighted by molar-refractivity contribution is 9.10. The largest absolute Gasteiger partial charge is 0.497 e. The van der Waals surface area contributed by atoms with Crippen LogP contribution in [-0.4, -0.2) is 27.2 Å². The van der Waals surface area contributed by atoms with Gasteiger partial charge >= 0.3 is 0 Å². The Morgan fingerprint density at radius 1 is 1.12 bits per heavy atom. The van der Waals surface area contributed by atoms with Crippen molar-refractivity contribution in [2.24, 2.45) is 4.99 Å². The Morgan fingerprint density at radius 2 is 1.84 bits per heavy atom. The molecule has 0 saturated carbocycles. The van der Waals surface area contributed by atoms with Gasteiger partial charge in [0.15, 0.2) is 5.96 Å². The van der Waals surface area contributed by atoms with Crippen LogP contribution < -0.4 is 20.1 Å². The molecule has 0 bridgehead atoms. The fourth-order valence-electron chi connectivity index (χ4n) is 2.44. The van der Waals surface area contributed by atoms with E-state index in [1.165, 1.54) is 5.56 Å². The van der Waals surface area contributed by atoms with Gasteiger partial charge in [-0.15, -0.1) is 0 Å². The molecule has 2 rings (SSSR count). The van der Waals surface area contributed by atoms with Gasteiger partial charge in [0.25, 0.3) is 0 Å². The summed E-state index contributed by atoms with van der Waals surface area (Å²) in [6.45, 7) is 2.75. The SMILES string of the molecule is CN=C(NCc1ccc(Br)cc1)NC(C)c1cc(OC)ccc1OC. The molecule has 0 saturated heterocycles. The number of guanidine groups is 1. The van der Waals surface area contributed by atoms with E-state index in [-0.39, 0.29) is 6.04 Å². The van der Waals surface area contributed by atoms with Crippen molar-refractivity contribution in [2.75, 3.05) is 21.3 Å². The van der Waals surface area contributed by atoms with Crippen molar-refractivity contribution in [3.8, 4) is 11.5 Å². The number of halogens is 1. The topological polar surface area (TPSA) is 54.9 Å². The smallest absolute Gasteiger partial charge is 0.191 e. The molecule has 0 aliphatic carbocycles. The van der Waals surface area contributed by atoms with Crippen LogP contribution in [0.2, 0.25) is 0 Å². The van der Waals surface area contributed by atoms with Gasteiger partial charge in [-0.1, -0.05) is 28.1 Å². The molecule has 1 unspecified atom stereocenters. The highest BCUT2D eigenvalue weighted by Gasteiger charge is 2.14. The van der Waals surface area contributed by atoms with Crippen LogP contribution >= 0.6 is 15.9 Å². The van der Waals surface area contributed by atoms with Crippen LogP contribution in [0, 0.1) is 0 Å². The maximum Gasteiger partial charge on any atom is 0.191 e. The number of ether oxygens (including phenoxy) is 2. The van der Waals surface area contributed by atoms with Crippen LogP contribution in [0.3, 0.4) is 0 Å². The van der Waals surface area contributed by atoms with Gasteiger partial charge in [0.05, 0.1) is 20.3 Å². The van der Waals surface area contributed by atoms with Crippen molar-refractivity contribution in [3.63, 3.8) is 0 Å². The number of benzene rings is 2. The van der Waals surface area contributed by atoms with Crippen LogP contribution in [0.15, 0.2) is 51.9 Å². The molecule has 0 amide bonds. The molecule has 2 aromatic rings. The Labute approximate surface area is 157 Å². The average molecular weight is 406 g/mol. The summed E-state index contributed by atoms with van der Waals surface area (Å²) in [5.41, 5.74) is 2.19. The normalized spacial score (nSPS) is 12.4. The number of nitrogens with one attached hydrogen (secondary N) is 2. The first-order chi connectivity index (χ1) is 12.1. The molecule has 0 heterocycles. The Bertz CT molecular complexity index is 717. The van der Waals surface area contributed by atoms with E-state index in [1.54, 1.807) is 21.3 Å².